The summed E-state index contributed by atoms with van der Waals surface area (Å²) in [5.41, 5.74) is 0. The molecule has 0 radical (unpaired) electrons. The van der Waals surface area contributed by atoms with Gasteiger partial charge in [-0.3, -0.25) is 4.79 Å². The van der Waals surface area contributed by atoms with Crippen molar-refractivity contribution in [3.05, 3.63) is 24.3 Å². The number of carbonyl (C=O) groups excluding carboxylic acids is 1. The molecule has 1 N–H and O–H groups in total. The van der Waals surface area contributed by atoms with Crippen LogP contribution in [-0.2, 0) is 4.79 Å². The molecule has 1 aromatic rings. The van der Waals surface area contributed by atoms with Crippen molar-refractivity contribution in [2.24, 2.45) is 11.8 Å². The summed E-state index contributed by atoms with van der Waals surface area (Å²) >= 11 is 0. The monoisotopic (exact) mass is 289 g/mol. The van der Waals surface area contributed by atoms with Crippen LogP contribution in [-0.4, -0.2) is 25.2 Å². The smallest absolute Gasteiger partial charge is 0.261 e. The highest BCUT2D eigenvalue weighted by atomic mass is 16.5. The molecule has 0 saturated heterocycles. The van der Waals surface area contributed by atoms with Crippen LogP contribution in [0, 0.1) is 11.8 Å². The predicted octanol–water partition coefficient (Wildman–Crippen LogP) is 2.77. The topological polar surface area (TPSA) is 47.6 Å². The van der Waals surface area contributed by atoms with Crippen molar-refractivity contribution in [2.75, 3.05) is 7.11 Å². The van der Waals surface area contributed by atoms with Gasteiger partial charge in [-0.05, 0) is 50.2 Å². The molecule has 114 valence electrons. The molecule has 4 heteroatoms. The molecule has 3 rings (SSSR count). The third kappa shape index (κ3) is 3.14. The Labute approximate surface area is 125 Å². The molecule has 2 aliphatic rings. The number of hydrogen-bond acceptors (Lipinski definition) is 3. The first kappa shape index (κ1) is 14.2. The number of hydrogen-bond donors (Lipinski definition) is 1. The zero-order valence-electron chi connectivity index (χ0n) is 12.7. The highest BCUT2D eigenvalue weighted by molar-refractivity contribution is 5.81. The van der Waals surface area contributed by atoms with Gasteiger partial charge in [-0.15, -0.1) is 0 Å². The summed E-state index contributed by atoms with van der Waals surface area (Å²) in [6, 6.07) is 7.69. The van der Waals surface area contributed by atoms with E-state index >= 15 is 0 Å². The Bertz CT molecular complexity index is 517. The van der Waals surface area contributed by atoms with E-state index < -0.39 is 6.10 Å². The van der Waals surface area contributed by atoms with Crippen molar-refractivity contribution in [2.45, 2.75) is 44.8 Å². The molecule has 0 spiro atoms. The first-order chi connectivity index (χ1) is 10.2. The number of nitrogens with one attached hydrogen (secondary N) is 1. The van der Waals surface area contributed by atoms with Crippen LogP contribution in [0.2, 0.25) is 0 Å². The van der Waals surface area contributed by atoms with Crippen LogP contribution >= 0.6 is 0 Å². The minimum Gasteiger partial charge on any atom is -0.497 e. The normalized spacial score (nSPS) is 28.2. The van der Waals surface area contributed by atoms with Gasteiger partial charge in [-0.2, -0.15) is 0 Å². The van der Waals surface area contributed by atoms with Gasteiger partial charge in [-0.25, -0.2) is 0 Å². The highest BCUT2D eigenvalue weighted by Gasteiger charge is 2.40. The second-order valence-electron chi connectivity index (χ2n) is 6.23. The fourth-order valence-corrected chi connectivity index (χ4v) is 3.65. The van der Waals surface area contributed by atoms with Crippen LogP contribution in [0.15, 0.2) is 24.3 Å². The van der Waals surface area contributed by atoms with Crippen LogP contribution in [0.3, 0.4) is 0 Å². The Morgan fingerprint density at radius 2 is 2.10 bits per heavy atom. The average molecular weight is 289 g/mol. The number of fused-ring (bicyclic) bond motifs is 2. The standard InChI is InChI=1S/C17H23NO3/c1-11(21-15-5-3-4-14(10-15)20-2)17(19)18-16-9-12-6-7-13(16)8-12/h3-5,10-13,16H,6-9H2,1-2H3,(H,18,19)/t11-,12+,13+,16+/m1/s1. The van der Waals surface area contributed by atoms with E-state index in [-0.39, 0.29) is 5.91 Å². The molecule has 2 bridgehead atoms. The molecule has 4 nitrogen and oxygen atoms in total. The van der Waals surface area contributed by atoms with Crippen LogP contribution in [0.5, 0.6) is 11.5 Å². The predicted molar refractivity (Wildman–Crippen MR) is 80.5 cm³/mol. The molecule has 1 amide bonds. The molecule has 1 aromatic carbocycles. The molecule has 0 unspecified atom stereocenters. The Hall–Kier alpha value is -1.71. The zero-order valence-corrected chi connectivity index (χ0v) is 12.7. The lowest BCUT2D eigenvalue weighted by Gasteiger charge is -2.24. The van der Waals surface area contributed by atoms with Crippen molar-refractivity contribution < 1.29 is 14.3 Å². The van der Waals surface area contributed by atoms with Gasteiger partial charge >= 0.3 is 0 Å². The second-order valence-corrected chi connectivity index (χ2v) is 6.23. The summed E-state index contributed by atoms with van der Waals surface area (Å²) in [4.78, 5) is 12.3. The van der Waals surface area contributed by atoms with E-state index in [0.717, 1.165) is 18.1 Å². The van der Waals surface area contributed by atoms with Crippen LogP contribution in [0.25, 0.3) is 0 Å². The Morgan fingerprint density at radius 1 is 1.29 bits per heavy atom. The maximum absolute atomic E-state index is 12.3. The maximum atomic E-state index is 12.3. The Morgan fingerprint density at radius 3 is 2.76 bits per heavy atom. The largest absolute Gasteiger partial charge is 0.497 e. The first-order valence-electron chi connectivity index (χ1n) is 7.77. The molecule has 2 aliphatic carbocycles. The van der Waals surface area contributed by atoms with Gasteiger partial charge in [0.2, 0.25) is 0 Å². The van der Waals surface area contributed by atoms with Crippen LogP contribution in [0.4, 0.5) is 0 Å². The summed E-state index contributed by atoms with van der Waals surface area (Å²) in [5, 5.41) is 3.16. The van der Waals surface area contributed by atoms with Crippen molar-refractivity contribution in [1.29, 1.82) is 0 Å². The molecular weight excluding hydrogens is 266 g/mol. The third-order valence-electron chi connectivity index (χ3n) is 4.79. The van der Waals surface area contributed by atoms with Gasteiger partial charge in [0.15, 0.2) is 6.10 Å². The summed E-state index contributed by atoms with van der Waals surface area (Å²) in [5.74, 6) is 2.88. The molecule has 4 atom stereocenters. The Balaban J connectivity index is 1.54. The maximum Gasteiger partial charge on any atom is 0.261 e. The SMILES string of the molecule is COc1cccc(O[C@H](C)C(=O)N[C@H]2C[C@H]3CC[C@H]2C3)c1. The number of methoxy groups -OCH3 is 1. The number of amides is 1. The second kappa shape index (κ2) is 5.96. The minimum atomic E-state index is -0.490. The van der Waals surface area contributed by atoms with E-state index in [1.807, 2.05) is 18.2 Å². The highest BCUT2D eigenvalue weighted by Crippen LogP contribution is 2.44. The van der Waals surface area contributed by atoms with Gasteiger partial charge in [0.25, 0.3) is 5.91 Å². The average Bonchev–Trinajstić information content (AvgIpc) is 3.10. The van der Waals surface area contributed by atoms with Gasteiger partial charge in [0.05, 0.1) is 7.11 Å². The van der Waals surface area contributed by atoms with Crippen molar-refractivity contribution in [3.63, 3.8) is 0 Å². The van der Waals surface area contributed by atoms with Crippen molar-refractivity contribution in [3.8, 4) is 11.5 Å². The summed E-state index contributed by atoms with van der Waals surface area (Å²) < 4.78 is 10.9. The molecular formula is C17H23NO3. The van der Waals surface area contributed by atoms with Crippen molar-refractivity contribution >= 4 is 5.91 Å². The molecule has 0 heterocycles. The fourth-order valence-electron chi connectivity index (χ4n) is 3.65. The number of rotatable bonds is 5. The van der Waals surface area contributed by atoms with E-state index in [2.05, 4.69) is 5.32 Å². The summed E-state index contributed by atoms with van der Waals surface area (Å²) in [7, 11) is 1.62. The first-order valence-corrected chi connectivity index (χ1v) is 7.77. The quantitative estimate of drug-likeness (QED) is 0.906. The zero-order chi connectivity index (χ0) is 14.8. The van der Waals surface area contributed by atoms with Gasteiger partial charge in [-0.1, -0.05) is 12.5 Å². The minimum absolute atomic E-state index is 0.0182. The van der Waals surface area contributed by atoms with E-state index in [4.69, 9.17) is 9.47 Å². The molecule has 0 aliphatic heterocycles. The lowest BCUT2D eigenvalue weighted by molar-refractivity contribution is -0.128. The van der Waals surface area contributed by atoms with Crippen LogP contribution < -0.4 is 14.8 Å². The lowest BCUT2D eigenvalue weighted by Crippen LogP contribution is -2.44. The van der Waals surface area contributed by atoms with Gasteiger partial charge in [0.1, 0.15) is 11.5 Å². The van der Waals surface area contributed by atoms with E-state index in [1.165, 1.54) is 19.3 Å². The third-order valence-corrected chi connectivity index (χ3v) is 4.79. The van der Waals surface area contributed by atoms with Gasteiger partial charge in [0, 0.05) is 12.1 Å². The van der Waals surface area contributed by atoms with Crippen LogP contribution in [0.1, 0.15) is 32.6 Å². The number of ether oxygens (including phenoxy) is 2. The molecule has 0 aromatic heterocycles. The summed E-state index contributed by atoms with van der Waals surface area (Å²) in [6.45, 7) is 1.79. The molecule has 2 saturated carbocycles. The van der Waals surface area contributed by atoms with E-state index in [0.29, 0.717) is 17.7 Å². The number of benzene rings is 1. The van der Waals surface area contributed by atoms with E-state index in [9.17, 15) is 4.79 Å². The molecule has 2 fully saturated rings. The number of carbonyl (C=O) groups is 1. The Kier molecular flexibility index (Phi) is 4.04. The van der Waals surface area contributed by atoms with E-state index in [1.54, 1.807) is 20.1 Å². The van der Waals surface area contributed by atoms with Crippen molar-refractivity contribution in [1.82, 2.24) is 5.32 Å². The molecule has 21 heavy (non-hydrogen) atoms. The van der Waals surface area contributed by atoms with Gasteiger partial charge < -0.3 is 14.8 Å². The fraction of sp³-hybridized carbons (Fsp3) is 0.588. The lowest BCUT2D eigenvalue weighted by atomic mass is 9.95. The summed E-state index contributed by atoms with van der Waals surface area (Å²) in [6.07, 6.45) is 4.54.